The Kier molecular flexibility index (Phi) is 4.56. The van der Waals surface area contributed by atoms with Crippen LogP contribution in [0.3, 0.4) is 0 Å². The van der Waals surface area contributed by atoms with Gasteiger partial charge in [-0.15, -0.1) is 0 Å². The molecule has 0 radical (unpaired) electrons. The van der Waals surface area contributed by atoms with Gasteiger partial charge in [0, 0.05) is 20.1 Å². The lowest BCUT2D eigenvalue weighted by atomic mass is 10.2. The van der Waals surface area contributed by atoms with Crippen LogP contribution in [0.5, 0.6) is 5.88 Å². The molecule has 2 atom stereocenters. The van der Waals surface area contributed by atoms with E-state index < -0.39 is 4.92 Å². The Bertz CT molecular complexity index is 488. The molecule has 20 heavy (non-hydrogen) atoms. The number of aryl methyl sites for hydroxylation is 2. The Hall–Kier alpha value is -1.67. The van der Waals surface area contributed by atoms with Gasteiger partial charge >= 0.3 is 5.69 Å². The summed E-state index contributed by atoms with van der Waals surface area (Å²) >= 11 is 0. The number of rotatable bonds is 5. The summed E-state index contributed by atoms with van der Waals surface area (Å²) < 4.78 is 12.7. The zero-order valence-corrected chi connectivity index (χ0v) is 12.0. The standard InChI is InChI=1S/C12H20N4O4/c1-4-10-11(16(17)18)12(15(3)14-10)19-7-9-6-13-5-8(2)20-9/h8-9,13H,4-7H2,1-3H3. The third-order valence-electron chi connectivity index (χ3n) is 3.19. The number of aromatic nitrogens is 2. The van der Waals surface area contributed by atoms with Crippen LogP contribution in [0.2, 0.25) is 0 Å². The molecule has 1 aromatic rings. The summed E-state index contributed by atoms with van der Waals surface area (Å²) in [5, 5.41) is 18.5. The minimum absolute atomic E-state index is 0.0492. The number of hydrogen-bond donors (Lipinski definition) is 1. The Morgan fingerprint density at radius 3 is 2.95 bits per heavy atom. The van der Waals surface area contributed by atoms with Crippen LogP contribution in [0.1, 0.15) is 19.5 Å². The van der Waals surface area contributed by atoms with Crippen molar-refractivity contribution in [2.24, 2.45) is 7.05 Å². The van der Waals surface area contributed by atoms with E-state index in [2.05, 4.69) is 10.4 Å². The Balaban J connectivity index is 2.08. The highest BCUT2D eigenvalue weighted by atomic mass is 16.6. The lowest BCUT2D eigenvalue weighted by molar-refractivity contribution is -0.386. The fourth-order valence-electron chi connectivity index (χ4n) is 2.28. The number of morpholine rings is 1. The molecule has 1 fully saturated rings. The van der Waals surface area contributed by atoms with Gasteiger partial charge in [0.1, 0.15) is 18.4 Å². The smallest absolute Gasteiger partial charge is 0.353 e. The molecule has 2 rings (SSSR count). The molecule has 1 aliphatic heterocycles. The first-order valence-corrected chi connectivity index (χ1v) is 6.72. The summed E-state index contributed by atoms with van der Waals surface area (Å²) in [5.74, 6) is 0.189. The second-order valence-corrected chi connectivity index (χ2v) is 4.87. The number of hydrogen-bond acceptors (Lipinski definition) is 6. The van der Waals surface area contributed by atoms with Crippen molar-refractivity contribution in [1.82, 2.24) is 15.1 Å². The van der Waals surface area contributed by atoms with Crippen LogP contribution in [-0.4, -0.2) is 46.6 Å². The summed E-state index contributed by atoms with van der Waals surface area (Å²) in [6.45, 7) is 5.55. The predicted molar refractivity (Wildman–Crippen MR) is 71.9 cm³/mol. The van der Waals surface area contributed by atoms with Crippen LogP contribution in [-0.2, 0) is 18.2 Å². The molecular weight excluding hydrogens is 264 g/mol. The van der Waals surface area contributed by atoms with Gasteiger partial charge in [0.05, 0.1) is 11.0 Å². The van der Waals surface area contributed by atoms with Crippen molar-refractivity contribution in [1.29, 1.82) is 0 Å². The Labute approximate surface area is 117 Å². The van der Waals surface area contributed by atoms with E-state index in [-0.39, 0.29) is 30.4 Å². The summed E-state index contributed by atoms with van der Waals surface area (Å²) in [5.41, 5.74) is 0.385. The van der Waals surface area contributed by atoms with Gasteiger partial charge in [-0.1, -0.05) is 6.92 Å². The molecule has 1 N–H and O–H groups in total. The van der Waals surface area contributed by atoms with Crippen LogP contribution < -0.4 is 10.1 Å². The Morgan fingerprint density at radius 1 is 1.60 bits per heavy atom. The molecule has 8 nitrogen and oxygen atoms in total. The second-order valence-electron chi connectivity index (χ2n) is 4.87. The first-order chi connectivity index (χ1) is 9.52. The lowest BCUT2D eigenvalue weighted by Crippen LogP contribution is -2.46. The fraction of sp³-hybridized carbons (Fsp3) is 0.750. The molecule has 0 amide bonds. The van der Waals surface area contributed by atoms with Gasteiger partial charge in [-0.2, -0.15) is 5.10 Å². The molecule has 8 heteroatoms. The minimum Gasteiger partial charge on any atom is -0.470 e. The number of nitro groups is 1. The van der Waals surface area contributed by atoms with Crippen LogP contribution in [0, 0.1) is 10.1 Å². The van der Waals surface area contributed by atoms with Gasteiger partial charge in [0.2, 0.25) is 0 Å². The van der Waals surface area contributed by atoms with E-state index in [4.69, 9.17) is 9.47 Å². The van der Waals surface area contributed by atoms with E-state index in [9.17, 15) is 10.1 Å². The molecule has 0 saturated carbocycles. The van der Waals surface area contributed by atoms with Gasteiger partial charge < -0.3 is 14.8 Å². The van der Waals surface area contributed by atoms with E-state index in [0.717, 1.165) is 6.54 Å². The van der Waals surface area contributed by atoms with Crippen molar-refractivity contribution in [3.63, 3.8) is 0 Å². The number of ether oxygens (including phenoxy) is 2. The first-order valence-electron chi connectivity index (χ1n) is 6.72. The summed E-state index contributed by atoms with van der Waals surface area (Å²) in [7, 11) is 1.64. The predicted octanol–water partition coefficient (Wildman–Crippen LogP) is 0.646. The summed E-state index contributed by atoms with van der Waals surface area (Å²) in [6.07, 6.45) is 0.495. The van der Waals surface area contributed by atoms with Crippen LogP contribution in [0.4, 0.5) is 5.69 Å². The molecule has 1 saturated heterocycles. The van der Waals surface area contributed by atoms with Crippen molar-refractivity contribution >= 4 is 5.69 Å². The average molecular weight is 284 g/mol. The number of nitrogens with one attached hydrogen (secondary N) is 1. The topological polar surface area (TPSA) is 91.5 Å². The maximum Gasteiger partial charge on any atom is 0.353 e. The average Bonchev–Trinajstić information content (AvgIpc) is 2.73. The monoisotopic (exact) mass is 284 g/mol. The molecular formula is C12H20N4O4. The maximum atomic E-state index is 11.1. The lowest BCUT2D eigenvalue weighted by Gasteiger charge is -2.28. The van der Waals surface area contributed by atoms with E-state index in [1.54, 1.807) is 7.05 Å². The molecule has 2 heterocycles. The third-order valence-corrected chi connectivity index (χ3v) is 3.19. The zero-order valence-electron chi connectivity index (χ0n) is 12.0. The molecule has 1 aromatic heterocycles. The van der Waals surface area contributed by atoms with Crippen molar-refractivity contribution in [2.75, 3.05) is 19.7 Å². The van der Waals surface area contributed by atoms with Gasteiger partial charge in [0.15, 0.2) is 0 Å². The Morgan fingerprint density at radius 2 is 2.35 bits per heavy atom. The van der Waals surface area contributed by atoms with E-state index >= 15 is 0 Å². The third kappa shape index (κ3) is 3.07. The molecule has 0 aliphatic carbocycles. The summed E-state index contributed by atoms with van der Waals surface area (Å²) in [4.78, 5) is 10.7. The van der Waals surface area contributed by atoms with E-state index in [1.807, 2.05) is 13.8 Å². The van der Waals surface area contributed by atoms with Crippen molar-refractivity contribution in [3.05, 3.63) is 15.8 Å². The van der Waals surface area contributed by atoms with Crippen LogP contribution >= 0.6 is 0 Å². The van der Waals surface area contributed by atoms with E-state index in [1.165, 1.54) is 4.68 Å². The van der Waals surface area contributed by atoms with Crippen LogP contribution in [0.15, 0.2) is 0 Å². The SMILES string of the molecule is CCc1nn(C)c(OCC2CNCC(C)O2)c1[N+](=O)[O-]. The normalized spacial score (nSPS) is 22.8. The minimum atomic E-state index is -0.441. The highest BCUT2D eigenvalue weighted by molar-refractivity contribution is 5.46. The van der Waals surface area contributed by atoms with Gasteiger partial charge in [0.25, 0.3) is 5.88 Å². The van der Waals surface area contributed by atoms with Gasteiger partial charge in [-0.05, 0) is 13.3 Å². The molecule has 0 aromatic carbocycles. The zero-order chi connectivity index (χ0) is 14.7. The highest BCUT2D eigenvalue weighted by Gasteiger charge is 2.28. The summed E-state index contributed by atoms with van der Waals surface area (Å²) in [6, 6.07) is 0. The molecule has 1 aliphatic rings. The van der Waals surface area contributed by atoms with Crippen molar-refractivity contribution in [3.8, 4) is 5.88 Å². The fourth-order valence-corrected chi connectivity index (χ4v) is 2.28. The van der Waals surface area contributed by atoms with Crippen LogP contribution in [0.25, 0.3) is 0 Å². The second kappa shape index (κ2) is 6.19. The number of nitrogens with zero attached hydrogens (tertiary/aromatic N) is 3. The molecule has 2 unspecified atom stereocenters. The molecule has 112 valence electrons. The molecule has 0 spiro atoms. The quantitative estimate of drug-likeness (QED) is 0.630. The van der Waals surface area contributed by atoms with Crippen molar-refractivity contribution < 1.29 is 14.4 Å². The van der Waals surface area contributed by atoms with Gasteiger partial charge in [-0.25, -0.2) is 4.68 Å². The largest absolute Gasteiger partial charge is 0.470 e. The highest BCUT2D eigenvalue weighted by Crippen LogP contribution is 2.30. The maximum absolute atomic E-state index is 11.1. The first kappa shape index (κ1) is 14.7. The van der Waals surface area contributed by atoms with E-state index in [0.29, 0.717) is 18.7 Å². The van der Waals surface area contributed by atoms with Gasteiger partial charge in [-0.3, -0.25) is 10.1 Å². The van der Waals surface area contributed by atoms with Crippen molar-refractivity contribution in [2.45, 2.75) is 32.5 Å². The molecule has 0 bridgehead atoms.